The lowest BCUT2D eigenvalue weighted by atomic mass is 9.97. The van der Waals surface area contributed by atoms with Crippen molar-refractivity contribution < 1.29 is 4.74 Å². The van der Waals surface area contributed by atoms with Crippen molar-refractivity contribution in [3.8, 4) is 28.0 Å². The van der Waals surface area contributed by atoms with Gasteiger partial charge in [-0.15, -0.1) is 0 Å². The van der Waals surface area contributed by atoms with E-state index < -0.39 is 0 Å². The standard InChI is InChI=1S/C31H32N4O/c1-20-13-21(2)15-24(14-20)28-19-33-30-9-7-23(22-6-8-29-25(16-22)18-34-35-29)17-27(30)31(28)36-12-10-26-5-3-4-11-32-26/h6-9,13-19,26,32H,3-5,10-12H2,1-2H3,(H,34,35)/t26-/m1/s1. The molecule has 36 heavy (non-hydrogen) atoms. The second-order valence-corrected chi connectivity index (χ2v) is 10.1. The molecule has 182 valence electrons. The lowest BCUT2D eigenvalue weighted by Crippen LogP contribution is -2.35. The fraction of sp³-hybridized carbons (Fsp3) is 0.290. The molecule has 0 bridgehead atoms. The van der Waals surface area contributed by atoms with Crippen molar-refractivity contribution in [1.29, 1.82) is 0 Å². The van der Waals surface area contributed by atoms with Crippen molar-refractivity contribution in [3.05, 3.63) is 78.1 Å². The number of benzene rings is 3. The summed E-state index contributed by atoms with van der Waals surface area (Å²) in [7, 11) is 0. The Hall–Kier alpha value is -3.70. The number of aromatic nitrogens is 3. The van der Waals surface area contributed by atoms with Crippen LogP contribution in [0.5, 0.6) is 5.75 Å². The number of ether oxygens (including phenoxy) is 1. The average molecular weight is 477 g/mol. The van der Waals surface area contributed by atoms with E-state index in [1.807, 2.05) is 12.4 Å². The first-order valence-electron chi connectivity index (χ1n) is 13.0. The molecule has 0 unspecified atom stereocenters. The molecule has 0 saturated carbocycles. The van der Waals surface area contributed by atoms with Crippen LogP contribution in [0.3, 0.4) is 0 Å². The van der Waals surface area contributed by atoms with Gasteiger partial charge in [0.1, 0.15) is 5.75 Å². The van der Waals surface area contributed by atoms with Crippen LogP contribution in [0.25, 0.3) is 44.1 Å². The number of H-pyrrole nitrogens is 1. The molecule has 2 N–H and O–H groups in total. The monoisotopic (exact) mass is 476 g/mol. The van der Waals surface area contributed by atoms with Gasteiger partial charge in [0.15, 0.2) is 0 Å². The Morgan fingerprint density at radius 3 is 2.56 bits per heavy atom. The molecule has 1 aliphatic heterocycles. The summed E-state index contributed by atoms with van der Waals surface area (Å²) in [5, 5.41) is 13.0. The quantitative estimate of drug-likeness (QED) is 0.278. The maximum absolute atomic E-state index is 6.64. The zero-order chi connectivity index (χ0) is 24.5. The summed E-state index contributed by atoms with van der Waals surface area (Å²) in [6, 6.07) is 20.1. The van der Waals surface area contributed by atoms with Crippen molar-refractivity contribution in [2.24, 2.45) is 0 Å². The van der Waals surface area contributed by atoms with E-state index in [1.165, 1.54) is 30.4 Å². The summed E-state index contributed by atoms with van der Waals surface area (Å²) in [5.74, 6) is 0.923. The van der Waals surface area contributed by atoms with E-state index in [9.17, 15) is 0 Å². The minimum Gasteiger partial charge on any atom is -0.492 e. The average Bonchev–Trinajstić information content (AvgIpc) is 3.36. The third-order valence-corrected chi connectivity index (χ3v) is 7.25. The van der Waals surface area contributed by atoms with Crippen molar-refractivity contribution in [3.63, 3.8) is 0 Å². The van der Waals surface area contributed by atoms with Crippen LogP contribution in [-0.2, 0) is 0 Å². The van der Waals surface area contributed by atoms with Crippen LogP contribution in [0.2, 0.25) is 0 Å². The first kappa shape index (κ1) is 22.7. The highest BCUT2D eigenvalue weighted by Gasteiger charge is 2.17. The Labute approximate surface area is 211 Å². The van der Waals surface area contributed by atoms with Crippen LogP contribution >= 0.6 is 0 Å². The topological polar surface area (TPSA) is 62.8 Å². The highest BCUT2D eigenvalue weighted by molar-refractivity contribution is 5.96. The third-order valence-electron chi connectivity index (χ3n) is 7.25. The molecule has 1 fully saturated rings. The number of rotatable bonds is 6. The van der Waals surface area contributed by atoms with Gasteiger partial charge in [0.25, 0.3) is 0 Å². The van der Waals surface area contributed by atoms with Crippen LogP contribution in [0, 0.1) is 13.8 Å². The summed E-state index contributed by atoms with van der Waals surface area (Å²) >= 11 is 0. The number of nitrogens with one attached hydrogen (secondary N) is 2. The molecule has 6 rings (SSSR count). The summed E-state index contributed by atoms with van der Waals surface area (Å²) in [4.78, 5) is 4.84. The van der Waals surface area contributed by atoms with Crippen LogP contribution < -0.4 is 10.1 Å². The maximum atomic E-state index is 6.64. The van der Waals surface area contributed by atoms with Crippen molar-refractivity contribution in [1.82, 2.24) is 20.5 Å². The molecule has 0 radical (unpaired) electrons. The van der Waals surface area contributed by atoms with Crippen molar-refractivity contribution in [2.75, 3.05) is 13.2 Å². The maximum Gasteiger partial charge on any atom is 0.138 e. The highest BCUT2D eigenvalue weighted by Crippen LogP contribution is 2.38. The first-order chi connectivity index (χ1) is 17.6. The van der Waals surface area contributed by atoms with E-state index in [0.717, 1.165) is 62.8 Å². The zero-order valence-corrected chi connectivity index (χ0v) is 21.0. The number of nitrogens with zero attached hydrogens (tertiary/aromatic N) is 2. The van der Waals surface area contributed by atoms with E-state index in [2.05, 4.69) is 84.0 Å². The molecule has 0 spiro atoms. The second kappa shape index (κ2) is 9.75. The number of pyridine rings is 1. The number of fused-ring (bicyclic) bond motifs is 2. The number of hydrogen-bond acceptors (Lipinski definition) is 4. The van der Waals surface area contributed by atoms with Gasteiger partial charge in [0, 0.05) is 28.6 Å². The van der Waals surface area contributed by atoms with E-state index in [-0.39, 0.29) is 0 Å². The molecule has 3 aromatic carbocycles. The van der Waals surface area contributed by atoms with Crippen LogP contribution in [-0.4, -0.2) is 34.4 Å². The molecule has 0 amide bonds. The van der Waals surface area contributed by atoms with Crippen molar-refractivity contribution >= 4 is 21.8 Å². The minimum atomic E-state index is 0.536. The van der Waals surface area contributed by atoms with Gasteiger partial charge in [0.05, 0.1) is 23.8 Å². The SMILES string of the molecule is Cc1cc(C)cc(-c2cnc3ccc(-c4ccc5[nH]ncc5c4)cc3c2OCC[C@H]2CCCCN2)c1. The molecule has 5 aromatic rings. The van der Waals surface area contributed by atoms with E-state index in [0.29, 0.717) is 12.6 Å². The number of hydrogen-bond donors (Lipinski definition) is 2. The molecule has 5 nitrogen and oxygen atoms in total. The lowest BCUT2D eigenvalue weighted by Gasteiger charge is -2.24. The predicted molar refractivity (Wildman–Crippen MR) is 147 cm³/mol. The molecule has 0 aliphatic carbocycles. The molecule has 1 aliphatic rings. The molecule has 3 heterocycles. The Morgan fingerprint density at radius 1 is 0.889 bits per heavy atom. The number of aromatic amines is 1. The van der Waals surface area contributed by atoms with Crippen molar-refractivity contribution in [2.45, 2.75) is 45.6 Å². The van der Waals surface area contributed by atoms with Gasteiger partial charge in [-0.2, -0.15) is 5.10 Å². The van der Waals surface area contributed by atoms with Gasteiger partial charge in [-0.25, -0.2) is 0 Å². The molecule has 1 atom stereocenters. The van der Waals surface area contributed by atoms with Gasteiger partial charge < -0.3 is 10.1 Å². The van der Waals surface area contributed by atoms with Crippen LogP contribution in [0.1, 0.15) is 36.8 Å². The Morgan fingerprint density at radius 2 is 1.72 bits per heavy atom. The van der Waals surface area contributed by atoms with Gasteiger partial charge in [0.2, 0.25) is 0 Å². The second-order valence-electron chi connectivity index (χ2n) is 10.1. The van der Waals surface area contributed by atoms with Gasteiger partial charge >= 0.3 is 0 Å². The predicted octanol–water partition coefficient (Wildman–Crippen LogP) is 6.97. The molecular weight excluding hydrogens is 444 g/mol. The zero-order valence-electron chi connectivity index (χ0n) is 21.0. The van der Waals surface area contributed by atoms with E-state index in [1.54, 1.807) is 0 Å². The molecule has 5 heteroatoms. The summed E-state index contributed by atoms with van der Waals surface area (Å²) in [6.07, 6.45) is 8.65. The molecule has 1 saturated heterocycles. The minimum absolute atomic E-state index is 0.536. The number of aryl methyl sites for hydroxylation is 2. The smallest absolute Gasteiger partial charge is 0.138 e. The normalized spacial score (nSPS) is 16.0. The van der Waals surface area contributed by atoms with Gasteiger partial charge in [-0.1, -0.05) is 47.9 Å². The van der Waals surface area contributed by atoms with E-state index in [4.69, 9.17) is 9.72 Å². The van der Waals surface area contributed by atoms with Crippen LogP contribution in [0.15, 0.2) is 67.0 Å². The Balaban J connectivity index is 1.43. The largest absolute Gasteiger partial charge is 0.492 e. The summed E-state index contributed by atoms with van der Waals surface area (Å²) in [6.45, 7) is 6.08. The highest BCUT2D eigenvalue weighted by atomic mass is 16.5. The van der Waals surface area contributed by atoms with E-state index >= 15 is 0 Å². The molecular formula is C31H32N4O. The fourth-order valence-corrected chi connectivity index (χ4v) is 5.44. The molecule has 2 aromatic heterocycles. The fourth-order valence-electron chi connectivity index (χ4n) is 5.44. The summed E-state index contributed by atoms with van der Waals surface area (Å²) in [5.41, 5.74) is 8.96. The van der Waals surface area contributed by atoms with Crippen LogP contribution in [0.4, 0.5) is 0 Å². The number of piperidine rings is 1. The lowest BCUT2D eigenvalue weighted by molar-refractivity contribution is 0.271. The van der Waals surface area contributed by atoms with Gasteiger partial charge in [-0.3, -0.25) is 10.1 Å². The third kappa shape index (κ3) is 4.59. The summed E-state index contributed by atoms with van der Waals surface area (Å²) < 4.78 is 6.64. The Kier molecular flexibility index (Phi) is 6.16. The first-order valence-corrected chi connectivity index (χ1v) is 13.0. The van der Waals surface area contributed by atoms with Gasteiger partial charge in [-0.05, 0) is 80.6 Å². The Bertz CT molecular complexity index is 1510.